The van der Waals surface area contributed by atoms with Crippen LogP contribution in [0.1, 0.15) is 15.9 Å². The van der Waals surface area contributed by atoms with Crippen LogP contribution >= 0.6 is 27.5 Å². The van der Waals surface area contributed by atoms with Crippen LogP contribution in [0.15, 0.2) is 77.3 Å². The van der Waals surface area contributed by atoms with E-state index in [0.29, 0.717) is 26.5 Å². The van der Waals surface area contributed by atoms with Crippen LogP contribution in [0, 0.1) is 11.8 Å². The van der Waals surface area contributed by atoms with Gasteiger partial charge < -0.3 is 9.64 Å². The van der Waals surface area contributed by atoms with E-state index in [-0.39, 0.29) is 17.6 Å². The zero-order chi connectivity index (χ0) is 25.1. The van der Waals surface area contributed by atoms with Gasteiger partial charge in [0.15, 0.2) is 5.78 Å². The number of nitrogens with zero attached hydrogens (tertiary/aromatic N) is 2. The van der Waals surface area contributed by atoms with Crippen LogP contribution in [0.3, 0.4) is 0 Å². The van der Waals surface area contributed by atoms with Crippen molar-refractivity contribution in [2.45, 2.75) is 12.1 Å². The molecule has 4 atom stereocenters. The van der Waals surface area contributed by atoms with Gasteiger partial charge in [-0.15, -0.1) is 0 Å². The highest BCUT2D eigenvalue weighted by Crippen LogP contribution is 2.50. The summed E-state index contributed by atoms with van der Waals surface area (Å²) in [6.07, 6.45) is 3.90. The first-order valence-corrected chi connectivity index (χ1v) is 12.6. The number of benzene rings is 3. The number of para-hydroxylation sites is 1. The van der Waals surface area contributed by atoms with E-state index >= 15 is 0 Å². The van der Waals surface area contributed by atoms with Crippen LogP contribution in [0.25, 0.3) is 6.08 Å². The van der Waals surface area contributed by atoms with Crippen molar-refractivity contribution >= 4 is 62.6 Å². The number of ketones is 1. The summed E-state index contributed by atoms with van der Waals surface area (Å²) >= 11 is 9.49. The lowest BCUT2D eigenvalue weighted by Crippen LogP contribution is -2.48. The van der Waals surface area contributed by atoms with E-state index in [1.54, 1.807) is 49.6 Å². The topological polar surface area (TPSA) is 66.9 Å². The van der Waals surface area contributed by atoms with Gasteiger partial charge in [-0.25, -0.2) is 4.90 Å². The summed E-state index contributed by atoms with van der Waals surface area (Å²) in [6.45, 7) is 0. The summed E-state index contributed by atoms with van der Waals surface area (Å²) in [5.41, 5.74) is 2.67. The Morgan fingerprint density at radius 3 is 2.42 bits per heavy atom. The number of rotatable bonds is 4. The average Bonchev–Trinajstić information content (AvgIpc) is 3.37. The second-order valence-corrected chi connectivity index (χ2v) is 10.3. The maximum atomic E-state index is 14.1. The molecule has 6 nitrogen and oxygen atoms in total. The molecule has 2 fully saturated rings. The van der Waals surface area contributed by atoms with Crippen molar-refractivity contribution in [2.75, 3.05) is 16.9 Å². The van der Waals surface area contributed by atoms with E-state index < -0.39 is 23.9 Å². The molecule has 0 aliphatic carbocycles. The van der Waals surface area contributed by atoms with E-state index in [4.69, 9.17) is 16.3 Å². The van der Waals surface area contributed by atoms with Crippen LogP contribution < -0.4 is 14.5 Å². The molecule has 180 valence electrons. The van der Waals surface area contributed by atoms with Gasteiger partial charge in [-0.3, -0.25) is 14.4 Å². The predicted molar refractivity (Wildman–Crippen MR) is 141 cm³/mol. The van der Waals surface area contributed by atoms with Crippen molar-refractivity contribution in [3.05, 3.63) is 93.4 Å². The van der Waals surface area contributed by atoms with Crippen LogP contribution in [0.5, 0.6) is 5.75 Å². The third kappa shape index (κ3) is 3.33. The highest BCUT2D eigenvalue weighted by molar-refractivity contribution is 9.10. The van der Waals surface area contributed by atoms with Crippen LogP contribution in [-0.2, 0) is 9.59 Å². The van der Waals surface area contributed by atoms with Crippen molar-refractivity contribution in [3.8, 4) is 5.75 Å². The molecule has 0 aromatic heterocycles. The van der Waals surface area contributed by atoms with Gasteiger partial charge in [-0.05, 0) is 70.0 Å². The standard InChI is InChI=1S/C28H20BrClN2O4/c1-36-22-13-7-16(14-19(22)29)26(33)25-24-23(21-12-6-15-4-2-3-5-20(15)32(21)25)27(34)31(28(24)35)18-10-8-17(30)9-11-18/h2-14,21,23-25H,1H3/t21-,23-,24+,25-/m0/s1. The monoisotopic (exact) mass is 562 g/mol. The minimum absolute atomic E-state index is 0.222. The van der Waals surface area contributed by atoms with Gasteiger partial charge in [0, 0.05) is 16.3 Å². The summed E-state index contributed by atoms with van der Waals surface area (Å²) in [6, 6.07) is 18.2. The lowest BCUT2D eigenvalue weighted by molar-refractivity contribution is -0.122. The summed E-state index contributed by atoms with van der Waals surface area (Å²) in [5, 5.41) is 0.508. The Balaban J connectivity index is 1.48. The Labute approximate surface area is 221 Å². The van der Waals surface area contributed by atoms with Gasteiger partial charge in [0.25, 0.3) is 0 Å². The fourth-order valence-electron chi connectivity index (χ4n) is 5.65. The molecule has 8 heteroatoms. The van der Waals surface area contributed by atoms with Crippen LogP contribution in [-0.4, -0.2) is 36.8 Å². The molecule has 0 radical (unpaired) electrons. The minimum atomic E-state index is -0.847. The zero-order valence-corrected chi connectivity index (χ0v) is 21.4. The molecule has 0 N–H and O–H groups in total. The second-order valence-electron chi connectivity index (χ2n) is 9.01. The molecule has 3 aliphatic rings. The first-order valence-electron chi connectivity index (χ1n) is 11.5. The van der Waals surface area contributed by atoms with Crippen molar-refractivity contribution in [1.29, 1.82) is 0 Å². The number of carbonyl (C=O) groups excluding carboxylic acids is 3. The highest BCUT2D eigenvalue weighted by Gasteiger charge is 2.64. The van der Waals surface area contributed by atoms with Gasteiger partial charge >= 0.3 is 0 Å². The maximum absolute atomic E-state index is 14.1. The molecule has 0 saturated carbocycles. The maximum Gasteiger partial charge on any atom is 0.240 e. The molecule has 2 saturated heterocycles. The summed E-state index contributed by atoms with van der Waals surface area (Å²) < 4.78 is 5.95. The van der Waals surface area contributed by atoms with Gasteiger partial charge in [-0.2, -0.15) is 0 Å². The van der Waals surface area contributed by atoms with Gasteiger partial charge in [-0.1, -0.05) is 42.0 Å². The summed E-state index contributed by atoms with van der Waals surface area (Å²) in [7, 11) is 1.55. The lowest BCUT2D eigenvalue weighted by atomic mass is 9.86. The average molecular weight is 564 g/mol. The molecule has 0 spiro atoms. The van der Waals surface area contributed by atoms with E-state index in [9.17, 15) is 14.4 Å². The number of amides is 2. The van der Waals surface area contributed by atoms with E-state index in [0.717, 1.165) is 11.3 Å². The van der Waals surface area contributed by atoms with Crippen molar-refractivity contribution in [2.24, 2.45) is 11.8 Å². The number of anilines is 2. The Bertz CT molecular complexity index is 1450. The van der Waals surface area contributed by atoms with Crippen LogP contribution in [0.2, 0.25) is 5.02 Å². The molecule has 6 rings (SSSR count). The third-order valence-electron chi connectivity index (χ3n) is 7.20. The van der Waals surface area contributed by atoms with Gasteiger partial charge in [0.1, 0.15) is 11.8 Å². The molecular formula is C28H20BrClN2O4. The first-order chi connectivity index (χ1) is 17.4. The fraction of sp³-hybridized carbons (Fsp3) is 0.179. The molecule has 3 aromatic carbocycles. The number of methoxy groups -OCH3 is 1. The first kappa shape index (κ1) is 23.0. The molecule has 36 heavy (non-hydrogen) atoms. The number of fused-ring (bicyclic) bond motifs is 5. The number of carbonyl (C=O) groups is 3. The Morgan fingerprint density at radius 1 is 0.972 bits per heavy atom. The highest BCUT2D eigenvalue weighted by atomic mass is 79.9. The van der Waals surface area contributed by atoms with E-state index in [1.165, 1.54) is 4.90 Å². The number of ether oxygens (including phenoxy) is 1. The number of hydrogen-bond acceptors (Lipinski definition) is 5. The number of imide groups is 1. The molecule has 0 bridgehead atoms. The van der Waals surface area contributed by atoms with Crippen molar-refractivity contribution in [1.82, 2.24) is 0 Å². The SMILES string of the molecule is COc1ccc(C(=O)[C@@H]2[C@@H]3C(=O)N(c4ccc(Cl)cc4)C(=O)[C@H]3[C@@H]3C=Cc4ccccc4N23)cc1Br. The lowest BCUT2D eigenvalue weighted by Gasteiger charge is -2.36. The normalized spacial score (nSPS) is 24.0. The second kappa shape index (κ2) is 8.61. The quantitative estimate of drug-likeness (QED) is 0.315. The van der Waals surface area contributed by atoms with Gasteiger partial charge in [0.2, 0.25) is 11.8 Å². The summed E-state index contributed by atoms with van der Waals surface area (Å²) in [5.74, 6) is -1.83. The number of hydrogen-bond donors (Lipinski definition) is 0. The van der Waals surface area contributed by atoms with Crippen molar-refractivity contribution < 1.29 is 19.1 Å². The molecule has 3 aromatic rings. The molecular weight excluding hydrogens is 544 g/mol. The largest absolute Gasteiger partial charge is 0.496 e. The number of halogens is 2. The Morgan fingerprint density at radius 2 is 1.69 bits per heavy atom. The van der Waals surface area contributed by atoms with Crippen molar-refractivity contribution in [3.63, 3.8) is 0 Å². The van der Waals surface area contributed by atoms with E-state index in [1.807, 2.05) is 41.3 Å². The predicted octanol–water partition coefficient (Wildman–Crippen LogP) is 5.38. The molecule has 2 amide bonds. The van der Waals surface area contributed by atoms with E-state index in [2.05, 4.69) is 15.9 Å². The Kier molecular flexibility index (Phi) is 5.50. The molecule has 0 unspecified atom stereocenters. The van der Waals surface area contributed by atoms with Crippen LogP contribution in [0.4, 0.5) is 11.4 Å². The molecule has 3 heterocycles. The minimum Gasteiger partial charge on any atom is -0.496 e. The van der Waals surface area contributed by atoms with Gasteiger partial charge in [0.05, 0.1) is 35.1 Å². The third-order valence-corrected chi connectivity index (χ3v) is 8.08. The number of Topliss-reactive ketones (excluding diaryl/α,β-unsaturated/α-hetero) is 1. The summed E-state index contributed by atoms with van der Waals surface area (Å²) in [4.78, 5) is 44.9. The smallest absolute Gasteiger partial charge is 0.240 e. The zero-order valence-electron chi connectivity index (χ0n) is 19.1. The molecule has 3 aliphatic heterocycles. The Hall–Kier alpha value is -3.42. The fourth-order valence-corrected chi connectivity index (χ4v) is 6.32.